The zero-order valence-electron chi connectivity index (χ0n) is 19.8. The molecule has 0 fully saturated rings. The lowest BCUT2D eigenvalue weighted by molar-refractivity contribution is 0.102. The Labute approximate surface area is 212 Å². The highest BCUT2D eigenvalue weighted by Gasteiger charge is 2.22. The van der Waals surface area contributed by atoms with Crippen LogP contribution in [0.1, 0.15) is 38.8 Å². The molecular weight excluding hydrogens is 485 g/mol. The molecule has 0 saturated carbocycles. The molecule has 2 amide bonds. The number of carbonyl (C=O) groups excluding carboxylic acids is 2. The number of halogens is 2. The summed E-state index contributed by atoms with van der Waals surface area (Å²) in [6, 6.07) is 9.75. The second-order valence-electron chi connectivity index (χ2n) is 7.57. The van der Waals surface area contributed by atoms with Gasteiger partial charge in [-0.25, -0.2) is 9.37 Å². The molecule has 2 aromatic carbocycles. The van der Waals surface area contributed by atoms with E-state index in [9.17, 15) is 14.0 Å². The monoisotopic (exact) mass is 507 g/mol. The Balaban J connectivity index is 1.92. The molecule has 1 aromatic heterocycles. The number of pyridine rings is 1. The molecule has 8 nitrogen and oxygen atoms in total. The first-order valence-corrected chi connectivity index (χ1v) is 11.1. The number of rotatable bonds is 7. The number of terminal acetylenes is 1. The van der Waals surface area contributed by atoms with Gasteiger partial charge in [0.1, 0.15) is 23.2 Å². The van der Waals surface area contributed by atoms with E-state index in [0.717, 1.165) is 6.07 Å². The van der Waals surface area contributed by atoms with E-state index in [1.807, 2.05) is 6.92 Å². The van der Waals surface area contributed by atoms with Crippen LogP contribution in [0.5, 0.6) is 5.75 Å². The van der Waals surface area contributed by atoms with Gasteiger partial charge in [0, 0.05) is 42.0 Å². The molecule has 0 aliphatic carbocycles. The molecule has 3 N–H and O–H groups in total. The van der Waals surface area contributed by atoms with E-state index in [1.54, 1.807) is 18.0 Å². The van der Waals surface area contributed by atoms with Crippen LogP contribution < -0.4 is 15.4 Å². The number of hydrogen-bond acceptors (Lipinski definition) is 5. The lowest BCUT2D eigenvalue weighted by Crippen LogP contribution is -2.26. The maximum atomic E-state index is 14.9. The fourth-order valence-electron chi connectivity index (χ4n) is 3.19. The topological polar surface area (TPSA) is 107 Å². The molecule has 0 aliphatic heterocycles. The second-order valence-corrected chi connectivity index (χ2v) is 8.01. The SMILES string of the molecule is C#Cc1ccc(NC(=O)c2cc(Cl)cc(OC)c2NC(=O)c2ccc(C(=N)N(C)CC)cc2F)nc1. The van der Waals surface area contributed by atoms with Gasteiger partial charge in [-0.1, -0.05) is 23.6 Å². The van der Waals surface area contributed by atoms with E-state index in [4.69, 9.17) is 28.2 Å². The minimum Gasteiger partial charge on any atom is -0.494 e. The number of amides is 2. The van der Waals surface area contributed by atoms with Gasteiger partial charge in [0.05, 0.1) is 23.9 Å². The molecule has 0 saturated heterocycles. The molecule has 10 heteroatoms. The van der Waals surface area contributed by atoms with Gasteiger partial charge in [-0.05, 0) is 37.3 Å². The average Bonchev–Trinajstić information content (AvgIpc) is 2.88. The second kappa shape index (κ2) is 11.3. The van der Waals surface area contributed by atoms with Crippen molar-refractivity contribution in [1.29, 1.82) is 5.41 Å². The van der Waals surface area contributed by atoms with E-state index >= 15 is 0 Å². The van der Waals surface area contributed by atoms with Gasteiger partial charge < -0.3 is 20.3 Å². The fourth-order valence-corrected chi connectivity index (χ4v) is 3.40. The normalized spacial score (nSPS) is 10.2. The van der Waals surface area contributed by atoms with E-state index in [2.05, 4.69) is 21.5 Å². The third kappa shape index (κ3) is 5.79. The number of methoxy groups -OCH3 is 1. The van der Waals surface area contributed by atoms with Gasteiger partial charge in [-0.15, -0.1) is 6.42 Å². The molecule has 184 valence electrons. The lowest BCUT2D eigenvalue weighted by atomic mass is 10.1. The molecule has 0 bridgehead atoms. The van der Waals surface area contributed by atoms with Crippen molar-refractivity contribution in [2.75, 3.05) is 31.3 Å². The third-order valence-corrected chi connectivity index (χ3v) is 5.50. The van der Waals surface area contributed by atoms with E-state index in [1.165, 1.54) is 43.6 Å². The molecule has 0 radical (unpaired) electrons. The molecule has 36 heavy (non-hydrogen) atoms. The summed E-state index contributed by atoms with van der Waals surface area (Å²) in [5, 5.41) is 13.5. The van der Waals surface area contributed by atoms with E-state index in [-0.39, 0.29) is 39.2 Å². The van der Waals surface area contributed by atoms with E-state index in [0.29, 0.717) is 17.7 Å². The van der Waals surface area contributed by atoms with Crippen molar-refractivity contribution in [3.8, 4) is 18.1 Å². The van der Waals surface area contributed by atoms with Crippen molar-refractivity contribution >= 4 is 40.8 Å². The highest BCUT2D eigenvalue weighted by molar-refractivity contribution is 6.31. The number of benzene rings is 2. The Morgan fingerprint density at radius 1 is 1.17 bits per heavy atom. The zero-order chi connectivity index (χ0) is 26.4. The number of nitrogens with zero attached hydrogens (tertiary/aromatic N) is 2. The fraction of sp³-hybridized carbons (Fsp3) is 0.154. The summed E-state index contributed by atoms with van der Waals surface area (Å²) in [5.74, 6) is 0.579. The minimum atomic E-state index is -0.823. The van der Waals surface area contributed by atoms with Crippen LogP contribution in [-0.2, 0) is 0 Å². The Kier molecular flexibility index (Phi) is 8.25. The van der Waals surface area contributed by atoms with Crippen LogP contribution in [0.4, 0.5) is 15.9 Å². The van der Waals surface area contributed by atoms with Gasteiger partial charge >= 0.3 is 0 Å². The number of amidine groups is 1. The summed E-state index contributed by atoms with van der Waals surface area (Å²) < 4.78 is 20.2. The summed E-state index contributed by atoms with van der Waals surface area (Å²) >= 11 is 6.16. The first-order chi connectivity index (χ1) is 17.2. The highest BCUT2D eigenvalue weighted by Crippen LogP contribution is 2.33. The first-order valence-electron chi connectivity index (χ1n) is 10.7. The Morgan fingerprint density at radius 2 is 1.89 bits per heavy atom. The van der Waals surface area contributed by atoms with Crippen LogP contribution >= 0.6 is 11.6 Å². The van der Waals surface area contributed by atoms with Crippen molar-refractivity contribution in [2.45, 2.75) is 6.92 Å². The highest BCUT2D eigenvalue weighted by atomic mass is 35.5. The Bertz CT molecular complexity index is 1370. The van der Waals surface area contributed by atoms with Gasteiger partial charge in [0.25, 0.3) is 11.8 Å². The van der Waals surface area contributed by atoms with Crippen molar-refractivity contribution in [1.82, 2.24) is 9.88 Å². The molecule has 0 unspecified atom stereocenters. The summed E-state index contributed by atoms with van der Waals surface area (Å²) in [5.41, 5.74) is 0.543. The average molecular weight is 508 g/mol. The Morgan fingerprint density at radius 3 is 2.47 bits per heavy atom. The molecular formula is C26H23ClFN5O3. The van der Waals surface area contributed by atoms with Crippen LogP contribution in [0.25, 0.3) is 0 Å². The van der Waals surface area contributed by atoms with E-state index < -0.39 is 17.6 Å². The smallest absolute Gasteiger partial charge is 0.259 e. The molecule has 3 aromatic rings. The minimum absolute atomic E-state index is 0.00780. The van der Waals surface area contributed by atoms with Gasteiger partial charge in [0.15, 0.2) is 0 Å². The number of nitrogens with one attached hydrogen (secondary N) is 3. The van der Waals surface area contributed by atoms with Crippen LogP contribution in [0.2, 0.25) is 5.02 Å². The number of aromatic nitrogens is 1. The standard InChI is InChI=1S/C26H23ClFN5O3/c1-5-15-7-10-22(30-14-15)31-26(35)19-12-17(27)13-21(36-4)23(19)32-25(34)18-9-8-16(11-20(18)28)24(29)33(3)6-2/h1,7-14,29H,6H2,2-4H3,(H,32,34)(H,30,31,35). The number of anilines is 2. The van der Waals surface area contributed by atoms with Crippen LogP contribution in [0.3, 0.4) is 0 Å². The largest absolute Gasteiger partial charge is 0.494 e. The van der Waals surface area contributed by atoms with Crippen molar-refractivity contribution in [3.63, 3.8) is 0 Å². The third-order valence-electron chi connectivity index (χ3n) is 5.28. The van der Waals surface area contributed by atoms with Crippen LogP contribution in [0.15, 0.2) is 48.7 Å². The predicted molar refractivity (Wildman–Crippen MR) is 138 cm³/mol. The predicted octanol–water partition coefficient (Wildman–Crippen LogP) is 4.65. The van der Waals surface area contributed by atoms with Gasteiger partial charge in [-0.2, -0.15) is 0 Å². The van der Waals surface area contributed by atoms with Crippen molar-refractivity contribution in [2.24, 2.45) is 0 Å². The summed E-state index contributed by atoms with van der Waals surface area (Å²) in [4.78, 5) is 31.7. The number of hydrogen-bond donors (Lipinski definition) is 3. The number of carbonyl (C=O) groups is 2. The maximum absolute atomic E-state index is 14.9. The lowest BCUT2D eigenvalue weighted by Gasteiger charge is -2.18. The quantitative estimate of drug-likeness (QED) is 0.245. The van der Waals surface area contributed by atoms with Crippen LogP contribution in [-0.4, -0.2) is 48.2 Å². The van der Waals surface area contributed by atoms with Crippen molar-refractivity contribution in [3.05, 3.63) is 81.8 Å². The number of ether oxygens (including phenoxy) is 1. The summed E-state index contributed by atoms with van der Waals surface area (Å²) in [6.07, 6.45) is 6.74. The first kappa shape index (κ1) is 26.2. The molecule has 1 heterocycles. The molecule has 0 spiro atoms. The molecule has 3 rings (SSSR count). The molecule has 0 atom stereocenters. The molecule has 0 aliphatic rings. The van der Waals surface area contributed by atoms with Gasteiger partial charge in [0.2, 0.25) is 0 Å². The zero-order valence-corrected chi connectivity index (χ0v) is 20.5. The van der Waals surface area contributed by atoms with Crippen LogP contribution in [0, 0.1) is 23.6 Å². The van der Waals surface area contributed by atoms with Gasteiger partial charge in [-0.3, -0.25) is 15.0 Å². The van der Waals surface area contributed by atoms with Crippen molar-refractivity contribution < 1.29 is 18.7 Å². The Hall–Kier alpha value is -4.42. The summed E-state index contributed by atoms with van der Waals surface area (Å²) in [7, 11) is 3.05. The maximum Gasteiger partial charge on any atom is 0.259 e. The summed E-state index contributed by atoms with van der Waals surface area (Å²) in [6.45, 7) is 2.43.